The lowest BCUT2D eigenvalue weighted by atomic mass is 9.89. The number of nitrogens with zero attached hydrogens (tertiary/aromatic N) is 1. The molecule has 0 saturated heterocycles. The lowest BCUT2D eigenvalue weighted by Gasteiger charge is -2.26. The average molecular weight is 242 g/mol. The van der Waals surface area contributed by atoms with Crippen molar-refractivity contribution in [3.8, 4) is 0 Å². The monoisotopic (exact) mass is 242 g/mol. The molecular weight excluding hydrogens is 216 g/mol. The Bertz CT molecular complexity index is 265. The SMILES string of the molecule is CCCCC(N)C1C(N=C(N)N)CC(C)C1O. The summed E-state index contributed by atoms with van der Waals surface area (Å²) in [5.74, 6) is 0.281. The van der Waals surface area contributed by atoms with Crippen molar-refractivity contribution in [2.75, 3.05) is 0 Å². The minimum atomic E-state index is -0.394. The van der Waals surface area contributed by atoms with Gasteiger partial charge in [0, 0.05) is 12.0 Å². The van der Waals surface area contributed by atoms with Crippen LogP contribution in [0, 0.1) is 11.8 Å². The second kappa shape index (κ2) is 6.21. The molecule has 1 saturated carbocycles. The van der Waals surface area contributed by atoms with Gasteiger partial charge >= 0.3 is 0 Å². The van der Waals surface area contributed by atoms with Gasteiger partial charge in [-0.15, -0.1) is 0 Å². The van der Waals surface area contributed by atoms with Crippen LogP contribution in [0.2, 0.25) is 0 Å². The molecule has 0 aromatic rings. The van der Waals surface area contributed by atoms with E-state index in [2.05, 4.69) is 11.9 Å². The molecule has 0 aromatic heterocycles. The van der Waals surface area contributed by atoms with Gasteiger partial charge < -0.3 is 22.3 Å². The van der Waals surface area contributed by atoms with Crippen molar-refractivity contribution in [1.29, 1.82) is 0 Å². The summed E-state index contributed by atoms with van der Waals surface area (Å²) in [6, 6.07) is -0.0557. The van der Waals surface area contributed by atoms with Crippen molar-refractivity contribution in [2.24, 2.45) is 34.0 Å². The van der Waals surface area contributed by atoms with Crippen LogP contribution in [-0.4, -0.2) is 29.3 Å². The van der Waals surface area contributed by atoms with Gasteiger partial charge in [-0.05, 0) is 18.8 Å². The summed E-state index contributed by atoms with van der Waals surface area (Å²) in [7, 11) is 0. The van der Waals surface area contributed by atoms with Gasteiger partial charge in [0.15, 0.2) is 5.96 Å². The zero-order valence-electron chi connectivity index (χ0n) is 10.8. The molecule has 1 aliphatic rings. The van der Waals surface area contributed by atoms with Crippen molar-refractivity contribution >= 4 is 5.96 Å². The van der Waals surface area contributed by atoms with Gasteiger partial charge in [-0.3, -0.25) is 0 Å². The smallest absolute Gasteiger partial charge is 0.186 e. The highest BCUT2D eigenvalue weighted by Gasteiger charge is 2.43. The van der Waals surface area contributed by atoms with Crippen LogP contribution >= 0.6 is 0 Å². The van der Waals surface area contributed by atoms with Gasteiger partial charge in [-0.25, -0.2) is 4.99 Å². The first kappa shape index (κ1) is 14.3. The predicted octanol–water partition coefficient (Wildman–Crippen LogP) is 0.163. The fraction of sp³-hybridized carbons (Fsp3) is 0.917. The highest BCUT2D eigenvalue weighted by atomic mass is 16.3. The van der Waals surface area contributed by atoms with Gasteiger partial charge in [-0.2, -0.15) is 0 Å². The molecule has 0 radical (unpaired) electrons. The van der Waals surface area contributed by atoms with E-state index in [1.54, 1.807) is 0 Å². The first-order chi connectivity index (χ1) is 7.97. The van der Waals surface area contributed by atoms with Crippen molar-refractivity contribution in [3.05, 3.63) is 0 Å². The third-order valence-corrected chi connectivity index (χ3v) is 3.74. The summed E-state index contributed by atoms with van der Waals surface area (Å²) in [6.45, 7) is 4.15. The van der Waals surface area contributed by atoms with Gasteiger partial charge in [0.2, 0.25) is 0 Å². The summed E-state index contributed by atoms with van der Waals surface area (Å²) < 4.78 is 0. The van der Waals surface area contributed by atoms with Crippen molar-refractivity contribution in [1.82, 2.24) is 0 Å². The number of nitrogens with two attached hydrogens (primary N) is 3. The van der Waals surface area contributed by atoms with Crippen LogP contribution in [0.3, 0.4) is 0 Å². The molecule has 0 aliphatic heterocycles. The van der Waals surface area contributed by atoms with Crippen LogP contribution in [0.5, 0.6) is 0 Å². The number of aliphatic imine (C=N–C) groups is 1. The number of hydrogen-bond donors (Lipinski definition) is 4. The molecule has 0 spiro atoms. The summed E-state index contributed by atoms with van der Waals surface area (Å²) in [5, 5.41) is 10.2. The minimum absolute atomic E-state index is 0.0151. The Labute approximate surface area is 103 Å². The van der Waals surface area contributed by atoms with Crippen LogP contribution < -0.4 is 17.2 Å². The van der Waals surface area contributed by atoms with E-state index in [0.29, 0.717) is 0 Å². The quantitative estimate of drug-likeness (QED) is 0.406. The van der Waals surface area contributed by atoms with Gasteiger partial charge in [-0.1, -0.05) is 26.7 Å². The Hall–Kier alpha value is -0.810. The Morgan fingerprint density at radius 1 is 1.47 bits per heavy atom. The molecule has 5 unspecified atom stereocenters. The molecule has 5 heteroatoms. The summed E-state index contributed by atoms with van der Waals surface area (Å²) in [5.41, 5.74) is 17.0. The van der Waals surface area contributed by atoms with E-state index < -0.39 is 6.10 Å². The molecule has 100 valence electrons. The maximum absolute atomic E-state index is 10.2. The highest BCUT2D eigenvalue weighted by Crippen LogP contribution is 2.36. The minimum Gasteiger partial charge on any atom is -0.392 e. The lowest BCUT2D eigenvalue weighted by Crippen LogP contribution is -2.41. The zero-order chi connectivity index (χ0) is 13.0. The van der Waals surface area contributed by atoms with Crippen LogP contribution in [0.15, 0.2) is 4.99 Å². The number of guanidine groups is 1. The number of aliphatic hydroxyl groups is 1. The zero-order valence-corrected chi connectivity index (χ0v) is 10.8. The topological polar surface area (TPSA) is 111 Å². The molecule has 5 atom stereocenters. The summed E-state index contributed by atoms with van der Waals surface area (Å²) in [6.07, 6.45) is 3.52. The molecule has 0 aromatic carbocycles. The van der Waals surface area contributed by atoms with Crippen LogP contribution in [0.25, 0.3) is 0 Å². The van der Waals surface area contributed by atoms with E-state index in [1.165, 1.54) is 0 Å². The first-order valence-corrected chi connectivity index (χ1v) is 6.49. The van der Waals surface area contributed by atoms with Crippen LogP contribution in [0.1, 0.15) is 39.5 Å². The standard InChI is InChI=1S/C12H26N4O/c1-3-4-5-8(13)10-9(16-12(14)15)6-7(2)11(10)17/h7-11,17H,3-6,13H2,1-2H3,(H4,14,15,16). The van der Waals surface area contributed by atoms with Gasteiger partial charge in [0.25, 0.3) is 0 Å². The average Bonchev–Trinajstić information content (AvgIpc) is 2.50. The van der Waals surface area contributed by atoms with Gasteiger partial charge in [0.1, 0.15) is 0 Å². The largest absolute Gasteiger partial charge is 0.392 e. The Morgan fingerprint density at radius 2 is 2.12 bits per heavy atom. The van der Waals surface area contributed by atoms with E-state index in [4.69, 9.17) is 17.2 Å². The van der Waals surface area contributed by atoms with Crippen molar-refractivity contribution < 1.29 is 5.11 Å². The number of hydrogen-bond acceptors (Lipinski definition) is 3. The van der Waals surface area contributed by atoms with Crippen LogP contribution in [0.4, 0.5) is 0 Å². The third kappa shape index (κ3) is 3.57. The van der Waals surface area contributed by atoms with Crippen LogP contribution in [-0.2, 0) is 0 Å². The van der Waals surface area contributed by atoms with Crippen molar-refractivity contribution in [2.45, 2.75) is 57.7 Å². The normalized spacial score (nSPS) is 34.6. The molecule has 17 heavy (non-hydrogen) atoms. The van der Waals surface area contributed by atoms with E-state index in [0.717, 1.165) is 25.7 Å². The molecular formula is C12H26N4O. The third-order valence-electron chi connectivity index (χ3n) is 3.74. The highest BCUT2D eigenvalue weighted by molar-refractivity contribution is 5.75. The Balaban J connectivity index is 2.72. The number of aliphatic hydroxyl groups excluding tert-OH is 1. The van der Waals surface area contributed by atoms with E-state index >= 15 is 0 Å². The van der Waals surface area contributed by atoms with E-state index in [-0.39, 0.29) is 29.9 Å². The Morgan fingerprint density at radius 3 is 2.65 bits per heavy atom. The molecule has 0 bridgehead atoms. The molecule has 1 rings (SSSR count). The number of unbranched alkanes of at least 4 members (excludes halogenated alkanes) is 1. The fourth-order valence-corrected chi connectivity index (χ4v) is 2.79. The summed E-state index contributed by atoms with van der Waals surface area (Å²) in [4.78, 5) is 4.22. The molecule has 1 aliphatic carbocycles. The second-order valence-corrected chi connectivity index (χ2v) is 5.21. The molecule has 0 amide bonds. The molecule has 1 fully saturated rings. The lowest BCUT2D eigenvalue weighted by molar-refractivity contribution is 0.0810. The predicted molar refractivity (Wildman–Crippen MR) is 70.4 cm³/mol. The molecule has 5 nitrogen and oxygen atoms in total. The van der Waals surface area contributed by atoms with Crippen molar-refractivity contribution in [3.63, 3.8) is 0 Å². The van der Waals surface area contributed by atoms with Gasteiger partial charge in [0.05, 0.1) is 12.1 Å². The van der Waals surface area contributed by atoms with E-state index in [1.807, 2.05) is 6.92 Å². The number of rotatable bonds is 5. The first-order valence-electron chi connectivity index (χ1n) is 6.49. The second-order valence-electron chi connectivity index (χ2n) is 5.21. The summed E-state index contributed by atoms with van der Waals surface area (Å²) >= 11 is 0. The Kier molecular flexibility index (Phi) is 5.21. The molecule has 0 heterocycles. The molecule has 7 N–H and O–H groups in total. The fourth-order valence-electron chi connectivity index (χ4n) is 2.79. The van der Waals surface area contributed by atoms with E-state index in [9.17, 15) is 5.11 Å². The maximum atomic E-state index is 10.2. The maximum Gasteiger partial charge on any atom is 0.186 e.